The lowest BCUT2D eigenvalue weighted by Crippen LogP contribution is -2.33. The van der Waals surface area contributed by atoms with E-state index in [1.165, 1.54) is 13.2 Å². The van der Waals surface area contributed by atoms with Gasteiger partial charge in [0.1, 0.15) is 11.6 Å². The monoisotopic (exact) mass is 388 g/mol. The van der Waals surface area contributed by atoms with Gasteiger partial charge in [-0.2, -0.15) is 5.10 Å². The van der Waals surface area contributed by atoms with Crippen LogP contribution in [-0.2, 0) is 25.7 Å². The zero-order valence-corrected chi connectivity index (χ0v) is 16.1. The zero-order chi connectivity index (χ0) is 20.3. The van der Waals surface area contributed by atoms with Crippen LogP contribution in [0.2, 0.25) is 0 Å². The number of esters is 1. The molecule has 0 unspecified atom stereocenters. The van der Waals surface area contributed by atoms with Gasteiger partial charge in [0.05, 0.1) is 24.9 Å². The molecule has 0 aromatic carbocycles. The number of ether oxygens (including phenoxy) is 1. The van der Waals surface area contributed by atoms with Crippen LogP contribution in [0.5, 0.6) is 0 Å². The molecule has 9 heteroatoms. The Morgan fingerprint density at radius 1 is 1.36 bits per heavy atom. The first kappa shape index (κ1) is 19.7. The van der Waals surface area contributed by atoms with Crippen molar-refractivity contribution in [1.82, 2.24) is 14.7 Å². The summed E-state index contributed by atoms with van der Waals surface area (Å²) in [6.07, 6.45) is 2.20. The number of carbonyl (C=O) groups is 3. The molecule has 9 nitrogen and oxygen atoms in total. The number of anilines is 1. The highest BCUT2D eigenvalue weighted by Gasteiger charge is 2.37. The average Bonchev–Trinajstić information content (AvgIpc) is 3.37. The molecule has 150 valence electrons. The summed E-state index contributed by atoms with van der Waals surface area (Å²) in [6.45, 7) is 5.94. The van der Waals surface area contributed by atoms with Crippen LogP contribution in [0.3, 0.4) is 0 Å². The second-order valence-electron chi connectivity index (χ2n) is 7.08. The molecule has 1 N–H and O–H groups in total. The van der Waals surface area contributed by atoms with E-state index in [0.29, 0.717) is 18.1 Å². The fourth-order valence-corrected chi connectivity index (χ4v) is 3.05. The summed E-state index contributed by atoms with van der Waals surface area (Å²) in [6, 6.07) is 5.27. The number of rotatable bonds is 7. The van der Waals surface area contributed by atoms with Crippen LogP contribution in [-0.4, -0.2) is 45.1 Å². The quantitative estimate of drug-likeness (QED) is 0.727. The van der Waals surface area contributed by atoms with Crippen LogP contribution in [0.4, 0.5) is 5.82 Å². The zero-order valence-electron chi connectivity index (χ0n) is 16.1. The normalized spacial score (nSPS) is 17.8. The van der Waals surface area contributed by atoms with E-state index >= 15 is 0 Å². The first-order valence-corrected chi connectivity index (χ1v) is 9.20. The molecule has 1 fully saturated rings. The molecule has 2 atom stereocenters. The number of hydrogen-bond donors (Lipinski definition) is 1. The number of nitrogens with zero attached hydrogens (tertiary/aromatic N) is 3. The molecule has 3 rings (SSSR count). The molecule has 0 aliphatic carbocycles. The molecule has 0 bridgehead atoms. The predicted octanol–water partition coefficient (Wildman–Crippen LogP) is 1.98. The molecule has 1 saturated heterocycles. The van der Waals surface area contributed by atoms with Gasteiger partial charge in [-0.3, -0.25) is 14.4 Å². The van der Waals surface area contributed by atoms with Crippen molar-refractivity contribution < 1.29 is 23.5 Å². The van der Waals surface area contributed by atoms with Gasteiger partial charge in [-0.15, -0.1) is 0 Å². The molecular weight excluding hydrogens is 364 g/mol. The summed E-state index contributed by atoms with van der Waals surface area (Å²) in [5.74, 6) is -0.571. The molecule has 0 spiro atoms. The van der Waals surface area contributed by atoms with E-state index in [4.69, 9.17) is 9.15 Å². The van der Waals surface area contributed by atoms with E-state index in [9.17, 15) is 14.4 Å². The third kappa shape index (κ3) is 4.41. The smallest absolute Gasteiger partial charge is 0.312 e. The third-order valence-corrected chi connectivity index (χ3v) is 4.55. The van der Waals surface area contributed by atoms with Gasteiger partial charge in [0.2, 0.25) is 5.91 Å². The fraction of sp³-hybridized carbons (Fsp3) is 0.474. The number of furan rings is 1. The Hall–Kier alpha value is -3.10. The van der Waals surface area contributed by atoms with Gasteiger partial charge in [-0.05, 0) is 32.9 Å². The van der Waals surface area contributed by atoms with Gasteiger partial charge in [-0.25, -0.2) is 4.68 Å². The molecule has 1 aliphatic heterocycles. The number of hydrogen-bond acceptors (Lipinski definition) is 6. The summed E-state index contributed by atoms with van der Waals surface area (Å²) in [5, 5.41) is 6.85. The van der Waals surface area contributed by atoms with Crippen LogP contribution in [0.25, 0.3) is 0 Å². The lowest BCUT2D eigenvalue weighted by atomic mass is 10.1. The summed E-state index contributed by atoms with van der Waals surface area (Å²) in [4.78, 5) is 38.5. The second kappa shape index (κ2) is 8.28. The van der Waals surface area contributed by atoms with E-state index in [0.717, 1.165) is 0 Å². The van der Waals surface area contributed by atoms with Gasteiger partial charge >= 0.3 is 5.97 Å². The van der Waals surface area contributed by atoms with Gasteiger partial charge in [0, 0.05) is 25.1 Å². The van der Waals surface area contributed by atoms with Gasteiger partial charge in [0.25, 0.3) is 5.91 Å². The molecule has 0 saturated carbocycles. The fourth-order valence-electron chi connectivity index (χ4n) is 3.05. The Morgan fingerprint density at radius 2 is 2.14 bits per heavy atom. The summed E-state index contributed by atoms with van der Waals surface area (Å²) in [7, 11) is 0. The van der Waals surface area contributed by atoms with Crippen molar-refractivity contribution in [2.75, 3.05) is 11.9 Å². The van der Waals surface area contributed by atoms with Crippen LogP contribution in [0, 0.1) is 5.92 Å². The molecular formula is C19H24N4O5. The summed E-state index contributed by atoms with van der Waals surface area (Å²) in [5.41, 5.74) is 0. The first-order valence-electron chi connectivity index (χ1n) is 9.20. The van der Waals surface area contributed by atoms with Crippen molar-refractivity contribution in [3.63, 3.8) is 0 Å². The number of nitrogens with one attached hydrogen (secondary N) is 1. The number of carbonyl (C=O) groups excluding carboxylic acids is 3. The predicted molar refractivity (Wildman–Crippen MR) is 99.0 cm³/mol. The minimum absolute atomic E-state index is 0.0635. The molecule has 0 radical (unpaired) electrons. The Labute approximate surface area is 162 Å². The summed E-state index contributed by atoms with van der Waals surface area (Å²) >= 11 is 0. The maximum atomic E-state index is 12.4. The topological polar surface area (TPSA) is 107 Å². The Bertz CT molecular complexity index is 842. The van der Waals surface area contributed by atoms with Crippen molar-refractivity contribution >= 4 is 23.6 Å². The molecule has 2 amide bonds. The number of likely N-dealkylation sites (tertiary alicyclic amines) is 1. The standard InChI is InChI=1S/C19H24N4O5/c1-12(2)23-16(6-7-20-23)21-18(25)13(3)28-19(26)14-9-17(24)22(10-14)11-15-5-4-8-27-15/h4-8,12-14H,9-11H2,1-3H3,(H,21,25)/t13-,14+/m0/s1. The molecule has 1 aliphatic rings. The van der Waals surface area contributed by atoms with Crippen LogP contribution < -0.4 is 5.32 Å². The molecule has 3 heterocycles. The minimum atomic E-state index is -0.989. The minimum Gasteiger partial charge on any atom is -0.467 e. The van der Waals surface area contributed by atoms with Crippen molar-refractivity contribution in [1.29, 1.82) is 0 Å². The highest BCUT2D eigenvalue weighted by Crippen LogP contribution is 2.22. The second-order valence-corrected chi connectivity index (χ2v) is 7.08. The largest absolute Gasteiger partial charge is 0.467 e. The Kier molecular flexibility index (Phi) is 5.81. The SMILES string of the molecule is CC(C)n1nccc1NC(=O)[C@H](C)OC(=O)[C@@H]1CC(=O)N(Cc2ccco2)C1. The maximum absolute atomic E-state index is 12.4. The van der Waals surface area contributed by atoms with Gasteiger partial charge in [-0.1, -0.05) is 0 Å². The van der Waals surface area contributed by atoms with Crippen molar-refractivity contribution in [2.24, 2.45) is 5.92 Å². The van der Waals surface area contributed by atoms with Crippen molar-refractivity contribution in [3.05, 3.63) is 36.4 Å². The van der Waals surface area contributed by atoms with Gasteiger partial charge < -0.3 is 19.4 Å². The highest BCUT2D eigenvalue weighted by atomic mass is 16.5. The first-order chi connectivity index (χ1) is 13.3. The van der Waals surface area contributed by atoms with E-state index in [2.05, 4.69) is 10.4 Å². The van der Waals surface area contributed by atoms with Crippen LogP contribution in [0.1, 0.15) is 39.0 Å². The summed E-state index contributed by atoms with van der Waals surface area (Å²) < 4.78 is 12.2. The highest BCUT2D eigenvalue weighted by molar-refractivity contribution is 5.95. The van der Waals surface area contributed by atoms with E-state index in [1.54, 1.807) is 34.0 Å². The van der Waals surface area contributed by atoms with Crippen LogP contribution >= 0.6 is 0 Å². The van der Waals surface area contributed by atoms with E-state index < -0.39 is 23.9 Å². The number of amides is 2. The molecule has 2 aromatic heterocycles. The molecule has 28 heavy (non-hydrogen) atoms. The van der Waals surface area contributed by atoms with Gasteiger partial charge in [0.15, 0.2) is 6.10 Å². The number of aromatic nitrogens is 2. The van der Waals surface area contributed by atoms with Crippen LogP contribution in [0.15, 0.2) is 35.1 Å². The Morgan fingerprint density at radius 3 is 2.82 bits per heavy atom. The third-order valence-electron chi connectivity index (χ3n) is 4.55. The Balaban J connectivity index is 1.53. The van der Waals surface area contributed by atoms with Crippen molar-refractivity contribution in [2.45, 2.75) is 45.9 Å². The lowest BCUT2D eigenvalue weighted by molar-refractivity contribution is -0.157. The van der Waals surface area contributed by atoms with Crippen molar-refractivity contribution in [3.8, 4) is 0 Å². The lowest BCUT2D eigenvalue weighted by Gasteiger charge is -2.18. The average molecular weight is 388 g/mol. The van der Waals surface area contributed by atoms with E-state index in [-0.39, 0.29) is 24.9 Å². The molecule has 2 aromatic rings. The maximum Gasteiger partial charge on any atom is 0.312 e. The van der Waals surface area contributed by atoms with E-state index in [1.807, 2.05) is 13.8 Å².